The van der Waals surface area contributed by atoms with Crippen LogP contribution in [-0.2, 0) is 12.0 Å². The lowest BCUT2D eigenvalue weighted by atomic mass is 9.99. The average molecular weight is 346 g/mol. The first kappa shape index (κ1) is 16.7. The molecule has 3 aromatic rings. The van der Waals surface area contributed by atoms with Gasteiger partial charge in [-0.05, 0) is 30.5 Å². The Morgan fingerprint density at radius 1 is 1.17 bits per heavy atom. The van der Waals surface area contributed by atoms with Gasteiger partial charge in [-0.15, -0.1) is 12.4 Å². The molecule has 0 saturated heterocycles. The lowest BCUT2D eigenvalue weighted by molar-refractivity contribution is 0.352. The third kappa shape index (κ3) is 3.20. The SMILES string of the molecule is Cl.NC1(c2noc(Cc3cnn(-c4ccccc4)c3)n2)CCCC1. The highest BCUT2D eigenvalue weighted by Crippen LogP contribution is 2.34. The van der Waals surface area contributed by atoms with Gasteiger partial charge in [0.2, 0.25) is 5.89 Å². The van der Waals surface area contributed by atoms with E-state index in [9.17, 15) is 0 Å². The first-order chi connectivity index (χ1) is 11.2. The Morgan fingerprint density at radius 3 is 2.67 bits per heavy atom. The van der Waals surface area contributed by atoms with Gasteiger partial charge in [-0.1, -0.05) is 36.2 Å². The van der Waals surface area contributed by atoms with Crippen molar-refractivity contribution < 1.29 is 4.52 Å². The molecule has 1 saturated carbocycles. The summed E-state index contributed by atoms with van der Waals surface area (Å²) < 4.78 is 7.22. The highest BCUT2D eigenvalue weighted by molar-refractivity contribution is 5.85. The fourth-order valence-electron chi connectivity index (χ4n) is 3.11. The van der Waals surface area contributed by atoms with E-state index in [2.05, 4.69) is 15.2 Å². The van der Waals surface area contributed by atoms with Crippen LogP contribution in [0.1, 0.15) is 43.0 Å². The summed E-state index contributed by atoms with van der Waals surface area (Å²) in [6.07, 6.45) is 8.48. The number of para-hydroxylation sites is 1. The molecule has 0 bridgehead atoms. The van der Waals surface area contributed by atoms with Crippen molar-refractivity contribution >= 4 is 12.4 Å². The Balaban J connectivity index is 0.00000169. The van der Waals surface area contributed by atoms with E-state index < -0.39 is 5.54 Å². The summed E-state index contributed by atoms with van der Waals surface area (Å²) in [6, 6.07) is 9.99. The van der Waals surface area contributed by atoms with E-state index in [0.29, 0.717) is 18.1 Å². The van der Waals surface area contributed by atoms with E-state index in [4.69, 9.17) is 10.3 Å². The minimum absolute atomic E-state index is 0. The van der Waals surface area contributed by atoms with Crippen molar-refractivity contribution in [1.82, 2.24) is 19.9 Å². The second-order valence-corrected chi connectivity index (χ2v) is 6.18. The van der Waals surface area contributed by atoms with Gasteiger partial charge >= 0.3 is 0 Å². The van der Waals surface area contributed by atoms with Crippen molar-refractivity contribution in [1.29, 1.82) is 0 Å². The molecule has 0 spiro atoms. The average Bonchev–Trinajstić information content (AvgIpc) is 3.30. The van der Waals surface area contributed by atoms with Crippen molar-refractivity contribution in [3.05, 3.63) is 60.0 Å². The minimum atomic E-state index is -0.407. The summed E-state index contributed by atoms with van der Waals surface area (Å²) in [4.78, 5) is 4.50. The summed E-state index contributed by atoms with van der Waals surface area (Å²) in [7, 11) is 0. The quantitative estimate of drug-likeness (QED) is 0.786. The topological polar surface area (TPSA) is 82.8 Å². The predicted octanol–water partition coefficient (Wildman–Crippen LogP) is 3.00. The van der Waals surface area contributed by atoms with Crippen LogP contribution in [0.5, 0.6) is 0 Å². The molecule has 24 heavy (non-hydrogen) atoms. The molecule has 0 radical (unpaired) electrons. The third-order valence-corrected chi connectivity index (χ3v) is 4.42. The predicted molar refractivity (Wildman–Crippen MR) is 92.2 cm³/mol. The monoisotopic (exact) mass is 345 g/mol. The molecule has 4 rings (SSSR count). The third-order valence-electron chi connectivity index (χ3n) is 4.42. The van der Waals surface area contributed by atoms with E-state index in [1.54, 1.807) is 0 Å². The maximum atomic E-state index is 6.37. The highest BCUT2D eigenvalue weighted by atomic mass is 35.5. The Morgan fingerprint density at radius 2 is 1.92 bits per heavy atom. The zero-order chi connectivity index (χ0) is 15.7. The van der Waals surface area contributed by atoms with Gasteiger partial charge in [0.1, 0.15) is 0 Å². The van der Waals surface area contributed by atoms with E-state index in [-0.39, 0.29) is 12.4 Å². The normalized spacial score (nSPS) is 16.0. The van der Waals surface area contributed by atoms with E-state index in [0.717, 1.165) is 36.9 Å². The van der Waals surface area contributed by atoms with Gasteiger partial charge in [-0.2, -0.15) is 10.1 Å². The number of halogens is 1. The summed E-state index contributed by atoms with van der Waals surface area (Å²) in [5, 5.41) is 8.48. The number of nitrogens with two attached hydrogens (primary N) is 1. The van der Waals surface area contributed by atoms with Gasteiger partial charge in [0.25, 0.3) is 0 Å². The van der Waals surface area contributed by atoms with Crippen molar-refractivity contribution in [3.8, 4) is 5.69 Å². The van der Waals surface area contributed by atoms with Crippen LogP contribution in [0.4, 0.5) is 0 Å². The maximum Gasteiger partial charge on any atom is 0.231 e. The Hall–Kier alpha value is -2.18. The number of nitrogens with zero attached hydrogens (tertiary/aromatic N) is 4. The standard InChI is InChI=1S/C17H19N5O.ClH/c18-17(8-4-5-9-17)16-20-15(23-21-16)10-13-11-19-22(12-13)14-6-2-1-3-7-14;/h1-3,6-7,11-12H,4-5,8-10,18H2;1H. The van der Waals surface area contributed by atoms with Crippen molar-refractivity contribution in [2.75, 3.05) is 0 Å². The van der Waals surface area contributed by atoms with Crippen molar-refractivity contribution in [3.63, 3.8) is 0 Å². The molecular weight excluding hydrogens is 326 g/mol. The molecule has 126 valence electrons. The first-order valence-corrected chi connectivity index (χ1v) is 7.94. The maximum absolute atomic E-state index is 6.37. The second kappa shape index (κ2) is 6.75. The number of hydrogen-bond donors (Lipinski definition) is 1. The van der Waals surface area contributed by atoms with Gasteiger partial charge in [0, 0.05) is 6.20 Å². The van der Waals surface area contributed by atoms with E-state index >= 15 is 0 Å². The van der Waals surface area contributed by atoms with Gasteiger partial charge in [-0.3, -0.25) is 0 Å². The highest BCUT2D eigenvalue weighted by Gasteiger charge is 2.35. The molecule has 0 atom stereocenters. The molecule has 1 aliphatic carbocycles. The molecule has 2 heterocycles. The molecule has 1 fully saturated rings. The molecule has 0 amide bonds. The first-order valence-electron chi connectivity index (χ1n) is 7.94. The summed E-state index contributed by atoms with van der Waals surface area (Å²) in [5.74, 6) is 1.23. The molecule has 0 unspecified atom stereocenters. The van der Waals surface area contributed by atoms with Crippen LogP contribution in [0.3, 0.4) is 0 Å². The summed E-state index contributed by atoms with van der Waals surface area (Å²) >= 11 is 0. The van der Waals surface area contributed by atoms with Crippen molar-refractivity contribution in [2.45, 2.75) is 37.6 Å². The van der Waals surface area contributed by atoms with Crippen LogP contribution in [0, 0.1) is 0 Å². The van der Waals surface area contributed by atoms with Gasteiger partial charge < -0.3 is 10.3 Å². The number of benzene rings is 1. The van der Waals surface area contributed by atoms with Crippen LogP contribution in [-0.4, -0.2) is 19.9 Å². The molecule has 2 aromatic heterocycles. The fourth-order valence-corrected chi connectivity index (χ4v) is 3.11. The van der Waals surface area contributed by atoms with Gasteiger partial charge in [0.05, 0.1) is 23.8 Å². The molecule has 0 aliphatic heterocycles. The van der Waals surface area contributed by atoms with E-state index in [1.165, 1.54) is 0 Å². The van der Waals surface area contributed by atoms with Gasteiger partial charge in [0.15, 0.2) is 5.82 Å². The summed E-state index contributed by atoms with van der Waals surface area (Å²) in [6.45, 7) is 0. The smallest absolute Gasteiger partial charge is 0.231 e. The largest absolute Gasteiger partial charge is 0.339 e. The zero-order valence-electron chi connectivity index (χ0n) is 13.3. The lowest BCUT2D eigenvalue weighted by Gasteiger charge is -2.17. The van der Waals surface area contributed by atoms with Crippen LogP contribution in [0.2, 0.25) is 0 Å². The lowest BCUT2D eigenvalue weighted by Crippen LogP contribution is -2.34. The number of aromatic nitrogens is 4. The van der Waals surface area contributed by atoms with Crippen LogP contribution >= 0.6 is 12.4 Å². The Bertz CT molecular complexity index is 792. The Kier molecular flexibility index (Phi) is 4.69. The molecule has 2 N–H and O–H groups in total. The fraction of sp³-hybridized carbons (Fsp3) is 0.353. The van der Waals surface area contributed by atoms with Gasteiger partial charge in [-0.25, -0.2) is 4.68 Å². The van der Waals surface area contributed by atoms with Crippen LogP contribution in [0.15, 0.2) is 47.2 Å². The van der Waals surface area contributed by atoms with Crippen molar-refractivity contribution in [2.24, 2.45) is 5.73 Å². The molecular formula is C17H20ClN5O. The minimum Gasteiger partial charge on any atom is -0.339 e. The molecule has 1 aromatic carbocycles. The second-order valence-electron chi connectivity index (χ2n) is 6.18. The summed E-state index contributed by atoms with van der Waals surface area (Å²) in [5.41, 5.74) is 8.01. The molecule has 6 nitrogen and oxygen atoms in total. The zero-order valence-corrected chi connectivity index (χ0v) is 14.1. The number of rotatable bonds is 4. The molecule has 1 aliphatic rings. The molecule has 7 heteroatoms. The van der Waals surface area contributed by atoms with E-state index in [1.807, 2.05) is 47.4 Å². The Labute approximate surface area is 146 Å². The van der Waals surface area contributed by atoms with Crippen LogP contribution in [0.25, 0.3) is 5.69 Å². The van der Waals surface area contributed by atoms with Crippen LogP contribution < -0.4 is 5.73 Å². The number of hydrogen-bond acceptors (Lipinski definition) is 5.